The van der Waals surface area contributed by atoms with E-state index < -0.39 is 77.9 Å². The summed E-state index contributed by atoms with van der Waals surface area (Å²) in [5.41, 5.74) is 0. The zero-order chi connectivity index (χ0) is 87.4. The van der Waals surface area contributed by atoms with Crippen LogP contribution >= 0.6 is 72.6 Å². The van der Waals surface area contributed by atoms with Gasteiger partial charge in [0.2, 0.25) is 0 Å². The van der Waals surface area contributed by atoms with Crippen molar-refractivity contribution in [2.24, 2.45) is 0 Å². The van der Waals surface area contributed by atoms with Crippen LogP contribution in [0.5, 0.6) is 0 Å². The number of hydrogen-bond donors (Lipinski definition) is 0. The Labute approximate surface area is 812 Å². The maximum atomic E-state index is 9.75. The topological polar surface area (TPSA) is 0 Å². The van der Waals surface area contributed by atoms with Crippen molar-refractivity contribution < 1.29 is 103 Å². The molecule has 0 amide bonds. The molecule has 0 N–H and O–H groups in total. The Morgan fingerprint density at radius 3 is 0.256 bits per heavy atom. The number of benzene rings is 17. The Morgan fingerprint density at radius 2 is 0.202 bits per heavy atom. The Hall–Kier alpha value is -7.74. The van der Waals surface area contributed by atoms with Gasteiger partial charge in [-0.15, -0.1) is 9.24 Å². The number of hydrogen-bond acceptors (Lipinski definition) is 0. The first-order chi connectivity index (χ1) is 61.1. The molecule has 0 aliphatic heterocycles. The molecule has 1 atom stereocenters. The van der Waals surface area contributed by atoms with Crippen molar-refractivity contribution in [3.63, 3.8) is 0 Å². The minimum Gasteiger partial charge on any atom is -0.418 e. The molecule has 17 aromatic carbocycles. The average Bonchev–Trinajstić information content (AvgIpc) is 0.827. The van der Waals surface area contributed by atoms with Crippen molar-refractivity contribution in [2.75, 3.05) is 23.6 Å². The van der Waals surface area contributed by atoms with Crippen LogP contribution in [0, 0.1) is 0 Å². The molecule has 670 valence electrons. The molecule has 0 fully saturated rings. The van der Waals surface area contributed by atoms with E-state index in [9.17, 15) is 34.5 Å². The van der Waals surface area contributed by atoms with Crippen molar-refractivity contribution in [1.29, 1.82) is 0 Å². The summed E-state index contributed by atoms with van der Waals surface area (Å²) in [7, 11) is -12.6. The van der Waals surface area contributed by atoms with Gasteiger partial charge in [0.05, 0.1) is 0 Å². The minimum atomic E-state index is -6.00. The first-order valence-electron chi connectivity index (χ1n) is 40.6. The van der Waals surface area contributed by atoms with Gasteiger partial charge in [0.25, 0.3) is 0 Å². The fourth-order valence-corrected chi connectivity index (χ4v) is 39.3. The third-order valence-corrected chi connectivity index (χ3v) is 43.2. The average molecular weight is 2080 g/mol. The normalized spacial score (nSPS) is 10.6. The third kappa shape index (κ3) is 38.8. The van der Waals surface area contributed by atoms with Gasteiger partial charge >= 0.3 is 48.6 Å². The predicted octanol–water partition coefficient (Wildman–Crippen LogP) is 24.6. The SMILES string of the molecule is F[B-](F)(F)F.F[B-](F)(F)F.Pc1ccccc1.[Cu+].[Cu+].[Cu].[Cu].c1ccc(P(CP(c2ccccc2)c2ccccc2)c2ccccc2)cc1.c1ccc(P(CP(c2ccccc2)c2ccccc2)c2ccccc2)cc1.c1ccc(P(CP(c2ccccc2)c2ccccc2)c2ccccc2)cc1.c1ccc(P(CP(c2ccccc2)c2ccccc2)c2ccccc2)cc1. The van der Waals surface area contributed by atoms with Crippen molar-refractivity contribution in [1.82, 2.24) is 0 Å². The van der Waals surface area contributed by atoms with Crippen LogP contribution in [0.15, 0.2) is 516 Å². The molecular formula is C106H95B2Cu4F8P9. The van der Waals surface area contributed by atoms with Crippen molar-refractivity contribution in [3.8, 4) is 0 Å². The first-order valence-corrected chi connectivity index (χ1v) is 53.4. The van der Waals surface area contributed by atoms with Crippen molar-refractivity contribution in [2.45, 2.75) is 0 Å². The first kappa shape index (κ1) is 108. The van der Waals surface area contributed by atoms with Crippen molar-refractivity contribution >= 4 is 177 Å². The Morgan fingerprint density at radius 1 is 0.140 bits per heavy atom. The van der Waals surface area contributed by atoms with Crippen LogP contribution in [0.2, 0.25) is 0 Å². The molecule has 129 heavy (non-hydrogen) atoms. The number of rotatable bonds is 24. The molecule has 17 aromatic rings. The van der Waals surface area contributed by atoms with E-state index in [1.165, 1.54) is 114 Å². The zero-order valence-corrected chi connectivity index (χ0v) is 82.0. The summed E-state index contributed by atoms with van der Waals surface area (Å²) in [6, 6.07) is 187. The molecule has 0 nitrogen and oxygen atoms in total. The molecule has 0 aliphatic carbocycles. The maximum Gasteiger partial charge on any atom is 1.00 e. The molecule has 0 heterocycles. The van der Waals surface area contributed by atoms with E-state index >= 15 is 0 Å². The van der Waals surface area contributed by atoms with Crippen LogP contribution in [0.1, 0.15) is 0 Å². The van der Waals surface area contributed by atoms with E-state index in [4.69, 9.17) is 0 Å². The van der Waals surface area contributed by atoms with E-state index in [1.54, 1.807) is 0 Å². The van der Waals surface area contributed by atoms with E-state index in [2.05, 4.69) is 495 Å². The molecule has 0 aromatic heterocycles. The van der Waals surface area contributed by atoms with E-state index in [0.29, 0.717) is 0 Å². The summed E-state index contributed by atoms with van der Waals surface area (Å²) in [5, 5.41) is 24.5. The van der Waals surface area contributed by atoms with Crippen LogP contribution in [0.25, 0.3) is 0 Å². The summed E-state index contributed by atoms with van der Waals surface area (Å²) in [6.07, 6.45) is 0. The van der Waals surface area contributed by atoms with Crippen molar-refractivity contribution in [3.05, 3.63) is 516 Å². The second-order valence-electron chi connectivity index (χ2n) is 27.8. The second kappa shape index (κ2) is 60.4. The van der Waals surface area contributed by atoms with Gasteiger partial charge in [0, 0.05) is 57.7 Å². The molecule has 2 radical (unpaired) electrons. The monoisotopic (exact) mass is 2070 g/mol. The molecular weight excluding hydrogens is 1980 g/mol. The standard InChI is InChI=1S/4C25H22P2.C6H7P.2BF4.4Cu/c4*1-5-13-22(14-6-1)26(23-15-7-2-8-16-23)21-27(24-17-9-3-10-18-24)25-19-11-4-12-20-25;7-6-4-2-1-3-5-6;2*2-1(3,4)5;;;;/h4*1-20H,21H2;1-5H,7H2;;;;;;/q;;;;;2*-1;;;2*+1. The molecule has 17 rings (SSSR count). The minimum absolute atomic E-state index is 0. The maximum absolute atomic E-state index is 9.75. The second-order valence-corrected chi connectivity index (χ2v) is 48.1. The van der Waals surface area contributed by atoms with Gasteiger partial charge in [-0.05, 0) is 154 Å². The van der Waals surface area contributed by atoms with E-state index in [1.807, 2.05) is 30.3 Å². The van der Waals surface area contributed by atoms with E-state index in [-0.39, 0.29) is 68.3 Å². The number of halogens is 8. The van der Waals surface area contributed by atoms with Crippen LogP contribution in [0.3, 0.4) is 0 Å². The quantitative estimate of drug-likeness (QED) is 0.0321. The van der Waals surface area contributed by atoms with Gasteiger partial charge in [-0.2, -0.15) is 0 Å². The predicted molar refractivity (Wildman–Crippen MR) is 548 cm³/mol. The molecule has 0 saturated carbocycles. The largest absolute Gasteiger partial charge is 1.00 e. The van der Waals surface area contributed by atoms with Crippen LogP contribution in [-0.2, 0) is 68.3 Å². The molecule has 0 spiro atoms. The molecule has 0 saturated heterocycles. The van der Waals surface area contributed by atoms with Crippen LogP contribution < -0.4 is 90.2 Å². The van der Waals surface area contributed by atoms with Gasteiger partial charge < -0.3 is 34.5 Å². The van der Waals surface area contributed by atoms with Gasteiger partial charge in [0.1, 0.15) is 0 Å². The Kier molecular flexibility index (Phi) is 50.7. The summed E-state index contributed by atoms with van der Waals surface area (Å²) in [5.74, 6) is 4.69. The molecule has 1 unspecified atom stereocenters. The summed E-state index contributed by atoms with van der Waals surface area (Å²) in [6.45, 7) is 0. The summed E-state index contributed by atoms with van der Waals surface area (Å²) in [4.78, 5) is 0. The molecule has 0 aliphatic rings. The summed E-state index contributed by atoms with van der Waals surface area (Å²) < 4.78 is 78.0. The van der Waals surface area contributed by atoms with Crippen LogP contribution in [0.4, 0.5) is 34.5 Å². The van der Waals surface area contributed by atoms with Gasteiger partial charge in [-0.1, -0.05) is 516 Å². The zero-order valence-electron chi connectivity index (χ0n) is 69.9. The fourth-order valence-electron chi connectivity index (χ4n) is 13.2. The van der Waals surface area contributed by atoms with Crippen LogP contribution in [-0.4, -0.2) is 38.1 Å². The molecule has 0 bridgehead atoms. The fraction of sp³-hybridized carbons (Fsp3) is 0.0377. The smallest absolute Gasteiger partial charge is 0.418 e. The Bertz CT molecular complexity index is 4390. The Balaban J connectivity index is 0.000000219. The summed E-state index contributed by atoms with van der Waals surface area (Å²) >= 11 is 0. The van der Waals surface area contributed by atoms with Gasteiger partial charge in [-0.25, -0.2) is 0 Å². The molecule has 23 heteroatoms. The van der Waals surface area contributed by atoms with E-state index in [0.717, 1.165) is 0 Å². The third-order valence-electron chi connectivity index (χ3n) is 19.0. The van der Waals surface area contributed by atoms with Gasteiger partial charge in [-0.3, -0.25) is 0 Å². The van der Waals surface area contributed by atoms with Gasteiger partial charge in [0.15, 0.2) is 0 Å².